The van der Waals surface area contributed by atoms with Crippen LogP contribution in [0.2, 0.25) is 0 Å². The molecule has 6 nitrogen and oxygen atoms in total. The fraction of sp³-hybridized carbons (Fsp3) is 0.571. The summed E-state index contributed by atoms with van der Waals surface area (Å²) >= 11 is 0. The number of nitrogens with zero attached hydrogens (tertiary/aromatic N) is 1. The van der Waals surface area contributed by atoms with Gasteiger partial charge in [0.15, 0.2) is 0 Å². The minimum Gasteiger partial charge on any atom is -0.333 e. The summed E-state index contributed by atoms with van der Waals surface area (Å²) in [6.07, 6.45) is 1.52. The van der Waals surface area contributed by atoms with Crippen molar-refractivity contribution in [2.75, 3.05) is 0 Å². The van der Waals surface area contributed by atoms with Crippen molar-refractivity contribution in [3.05, 3.63) is 0 Å². The summed E-state index contributed by atoms with van der Waals surface area (Å²) in [6.45, 7) is 3.33. The molecule has 0 aromatic heterocycles. The van der Waals surface area contributed by atoms with Gasteiger partial charge in [0.1, 0.15) is 0 Å². The number of urea groups is 1. The molecule has 1 atom stereocenters. The summed E-state index contributed by atoms with van der Waals surface area (Å²) in [5.41, 5.74) is 1.97. The Balaban J connectivity index is 3.80. The standard InChI is InChI=1S/C7H14N4O2/c1-3-9-7(13)10-5(2)4-6(12)11-8/h3,5H,4,8H2,1-2H3,(H,10,13)(H,11,12). The van der Waals surface area contributed by atoms with Crippen LogP contribution in [0, 0.1) is 0 Å². The molecule has 0 saturated carbocycles. The molecule has 0 aliphatic heterocycles. The molecule has 6 heteroatoms. The van der Waals surface area contributed by atoms with E-state index in [-0.39, 0.29) is 18.4 Å². The van der Waals surface area contributed by atoms with Crippen LogP contribution >= 0.6 is 0 Å². The van der Waals surface area contributed by atoms with E-state index in [2.05, 4.69) is 10.3 Å². The molecule has 3 amide bonds. The number of nitrogens with two attached hydrogens (primary N) is 1. The first-order valence-electron chi connectivity index (χ1n) is 3.88. The third-order valence-corrected chi connectivity index (χ3v) is 1.27. The molecule has 4 N–H and O–H groups in total. The quantitative estimate of drug-likeness (QED) is 0.241. The average Bonchev–Trinajstić information content (AvgIpc) is 2.04. The smallest absolute Gasteiger partial charge is 0.333 e. The van der Waals surface area contributed by atoms with Gasteiger partial charge in [0.25, 0.3) is 0 Å². The molecule has 0 aliphatic carbocycles. The molecule has 0 fully saturated rings. The Morgan fingerprint density at radius 2 is 2.23 bits per heavy atom. The van der Waals surface area contributed by atoms with E-state index in [9.17, 15) is 9.59 Å². The van der Waals surface area contributed by atoms with Crippen LogP contribution in [-0.2, 0) is 4.79 Å². The number of amides is 3. The summed E-state index contributed by atoms with van der Waals surface area (Å²) in [6, 6.07) is -0.737. The highest BCUT2D eigenvalue weighted by Gasteiger charge is 2.09. The van der Waals surface area contributed by atoms with Crippen molar-refractivity contribution in [3.8, 4) is 0 Å². The van der Waals surface area contributed by atoms with Gasteiger partial charge in [-0.25, -0.2) is 15.6 Å². The van der Waals surface area contributed by atoms with Crippen molar-refractivity contribution in [2.24, 2.45) is 10.8 Å². The van der Waals surface area contributed by atoms with E-state index in [1.165, 1.54) is 6.21 Å². The van der Waals surface area contributed by atoms with E-state index < -0.39 is 6.03 Å². The highest BCUT2D eigenvalue weighted by molar-refractivity contribution is 5.83. The molecule has 0 saturated heterocycles. The zero-order valence-corrected chi connectivity index (χ0v) is 7.70. The molecule has 0 bridgehead atoms. The summed E-state index contributed by atoms with van der Waals surface area (Å²) in [5.74, 6) is 4.54. The number of carbonyl (C=O) groups excluding carboxylic acids is 2. The minimum atomic E-state index is -0.458. The Bertz CT molecular complexity index is 215. The Morgan fingerprint density at radius 1 is 1.62 bits per heavy atom. The highest BCUT2D eigenvalue weighted by atomic mass is 16.2. The maximum absolute atomic E-state index is 10.9. The maximum Gasteiger partial charge on any atom is 0.340 e. The summed E-state index contributed by atoms with van der Waals surface area (Å²) in [7, 11) is 0. The molecule has 0 rings (SSSR count). The maximum atomic E-state index is 10.9. The topological polar surface area (TPSA) is 96.6 Å². The number of hydrogen-bond acceptors (Lipinski definition) is 3. The Labute approximate surface area is 76.6 Å². The van der Waals surface area contributed by atoms with Crippen molar-refractivity contribution in [3.63, 3.8) is 0 Å². The number of hydrogen-bond donors (Lipinski definition) is 3. The summed E-state index contributed by atoms with van der Waals surface area (Å²) in [4.78, 5) is 25.0. The lowest BCUT2D eigenvalue weighted by Gasteiger charge is -2.09. The predicted octanol–water partition coefficient (Wildman–Crippen LogP) is -0.445. The average molecular weight is 186 g/mol. The molecule has 0 heterocycles. The second-order valence-electron chi connectivity index (χ2n) is 2.51. The number of rotatable bonds is 3. The Kier molecular flexibility index (Phi) is 5.45. The second-order valence-corrected chi connectivity index (χ2v) is 2.51. The number of nitrogens with one attached hydrogen (secondary N) is 2. The minimum absolute atomic E-state index is 0.140. The Morgan fingerprint density at radius 3 is 2.69 bits per heavy atom. The number of hydrazine groups is 1. The normalized spacial score (nSPS) is 12.5. The van der Waals surface area contributed by atoms with Crippen LogP contribution in [0.3, 0.4) is 0 Å². The summed E-state index contributed by atoms with van der Waals surface area (Å²) < 4.78 is 0. The van der Waals surface area contributed by atoms with Crippen molar-refractivity contribution >= 4 is 18.2 Å². The third-order valence-electron chi connectivity index (χ3n) is 1.27. The van der Waals surface area contributed by atoms with Gasteiger partial charge in [0.2, 0.25) is 5.91 Å². The van der Waals surface area contributed by atoms with E-state index in [0.29, 0.717) is 0 Å². The third kappa shape index (κ3) is 5.80. The van der Waals surface area contributed by atoms with Gasteiger partial charge in [-0.05, 0) is 13.8 Å². The molecule has 0 aliphatic rings. The molecule has 0 aromatic carbocycles. The Hall–Kier alpha value is -1.43. The lowest BCUT2D eigenvalue weighted by atomic mass is 10.2. The van der Waals surface area contributed by atoms with E-state index in [4.69, 9.17) is 5.84 Å². The van der Waals surface area contributed by atoms with Crippen molar-refractivity contribution < 1.29 is 9.59 Å². The van der Waals surface area contributed by atoms with Gasteiger partial charge < -0.3 is 5.32 Å². The zero-order valence-electron chi connectivity index (χ0n) is 7.70. The monoisotopic (exact) mass is 186 g/mol. The second kappa shape index (κ2) is 6.13. The molecule has 13 heavy (non-hydrogen) atoms. The first-order chi connectivity index (χ1) is 6.10. The molecular formula is C7H14N4O2. The molecule has 0 aromatic rings. The van der Waals surface area contributed by atoms with Gasteiger partial charge in [-0.3, -0.25) is 10.2 Å². The lowest BCUT2D eigenvalue weighted by Crippen LogP contribution is -2.38. The van der Waals surface area contributed by atoms with Crippen LogP contribution in [-0.4, -0.2) is 24.2 Å². The van der Waals surface area contributed by atoms with Crippen LogP contribution in [0.4, 0.5) is 4.79 Å². The first kappa shape index (κ1) is 11.6. The fourth-order valence-electron chi connectivity index (χ4n) is 0.753. The fourth-order valence-corrected chi connectivity index (χ4v) is 0.753. The van der Waals surface area contributed by atoms with Gasteiger partial charge in [-0.2, -0.15) is 0 Å². The zero-order chi connectivity index (χ0) is 10.3. The summed E-state index contributed by atoms with van der Waals surface area (Å²) in [5, 5.41) is 2.49. The lowest BCUT2D eigenvalue weighted by molar-refractivity contribution is -0.121. The van der Waals surface area contributed by atoms with Crippen LogP contribution in [0.5, 0.6) is 0 Å². The van der Waals surface area contributed by atoms with E-state index >= 15 is 0 Å². The number of aliphatic imine (C=N–C) groups is 1. The van der Waals surface area contributed by atoms with E-state index in [0.717, 1.165) is 0 Å². The van der Waals surface area contributed by atoms with Gasteiger partial charge in [0.05, 0.1) is 0 Å². The first-order valence-corrected chi connectivity index (χ1v) is 3.88. The van der Waals surface area contributed by atoms with Crippen molar-refractivity contribution in [1.82, 2.24) is 10.7 Å². The van der Waals surface area contributed by atoms with Gasteiger partial charge in [-0.15, -0.1) is 0 Å². The molecular weight excluding hydrogens is 172 g/mol. The number of carbonyl (C=O) groups is 2. The molecule has 0 radical (unpaired) electrons. The van der Waals surface area contributed by atoms with Crippen molar-refractivity contribution in [2.45, 2.75) is 26.3 Å². The van der Waals surface area contributed by atoms with Gasteiger partial charge in [0, 0.05) is 18.7 Å². The molecule has 1 unspecified atom stereocenters. The van der Waals surface area contributed by atoms with Crippen molar-refractivity contribution in [1.29, 1.82) is 0 Å². The van der Waals surface area contributed by atoms with Gasteiger partial charge in [-0.1, -0.05) is 0 Å². The highest BCUT2D eigenvalue weighted by Crippen LogP contribution is 1.90. The largest absolute Gasteiger partial charge is 0.340 e. The van der Waals surface area contributed by atoms with E-state index in [1.807, 2.05) is 5.43 Å². The van der Waals surface area contributed by atoms with Gasteiger partial charge >= 0.3 is 6.03 Å². The SMILES string of the molecule is CC=NC(=O)NC(C)CC(=O)NN. The van der Waals surface area contributed by atoms with Crippen LogP contribution < -0.4 is 16.6 Å². The molecule has 74 valence electrons. The predicted molar refractivity (Wildman–Crippen MR) is 49.1 cm³/mol. The van der Waals surface area contributed by atoms with Crippen LogP contribution in [0.25, 0.3) is 0 Å². The van der Waals surface area contributed by atoms with Crippen LogP contribution in [0.1, 0.15) is 20.3 Å². The van der Waals surface area contributed by atoms with Crippen LogP contribution in [0.15, 0.2) is 4.99 Å². The van der Waals surface area contributed by atoms with E-state index in [1.54, 1.807) is 13.8 Å². The molecule has 0 spiro atoms.